The molecule has 4 rings (SSSR count). The molecule has 2 saturated heterocycles. The maximum absolute atomic E-state index is 12.5. The molecule has 1 aromatic carbocycles. The summed E-state index contributed by atoms with van der Waals surface area (Å²) in [6.45, 7) is 2.17. The molecule has 2 atom stereocenters. The summed E-state index contributed by atoms with van der Waals surface area (Å²) in [6, 6.07) is 8.76. The Balaban J connectivity index is 1.48. The number of piperidine rings is 1. The van der Waals surface area contributed by atoms with Crippen LogP contribution in [-0.4, -0.2) is 46.2 Å². The second kappa shape index (κ2) is 5.15. The molecule has 3 heterocycles. The average molecular weight is 284 g/mol. The number of nitrogens with one attached hydrogen (secondary N) is 2. The molecular weight excluding hydrogens is 264 g/mol. The molecule has 2 fully saturated rings. The lowest BCUT2D eigenvalue weighted by Gasteiger charge is -2.35. The number of nitrogens with zero attached hydrogens (tertiary/aromatic N) is 2. The van der Waals surface area contributed by atoms with Crippen LogP contribution < -0.4 is 5.32 Å². The van der Waals surface area contributed by atoms with Crippen molar-refractivity contribution in [1.29, 1.82) is 0 Å². The molecule has 2 aliphatic heterocycles. The first-order chi connectivity index (χ1) is 10.3. The minimum absolute atomic E-state index is 0.0601. The second-order valence-corrected chi connectivity index (χ2v) is 6.16. The van der Waals surface area contributed by atoms with E-state index < -0.39 is 0 Å². The van der Waals surface area contributed by atoms with Gasteiger partial charge in [-0.15, -0.1) is 0 Å². The van der Waals surface area contributed by atoms with E-state index in [0.29, 0.717) is 5.69 Å². The molecule has 2 aliphatic rings. The molecule has 0 spiro atoms. The molecule has 0 bridgehead atoms. The van der Waals surface area contributed by atoms with Crippen LogP contribution in [0.3, 0.4) is 0 Å². The predicted octanol–water partition coefficient (Wildman–Crippen LogP) is 1.92. The molecule has 1 aromatic heterocycles. The van der Waals surface area contributed by atoms with Crippen LogP contribution in [0.4, 0.5) is 0 Å². The van der Waals surface area contributed by atoms with Crippen LogP contribution in [0.1, 0.15) is 36.2 Å². The number of amides is 1. The summed E-state index contributed by atoms with van der Waals surface area (Å²) in [5.74, 6) is -0.0601. The summed E-state index contributed by atoms with van der Waals surface area (Å²) < 4.78 is 0. The molecule has 110 valence electrons. The number of rotatable bonds is 2. The van der Waals surface area contributed by atoms with Crippen molar-refractivity contribution in [3.63, 3.8) is 0 Å². The summed E-state index contributed by atoms with van der Waals surface area (Å²) in [6.07, 6.45) is 4.90. The van der Waals surface area contributed by atoms with E-state index in [4.69, 9.17) is 0 Å². The molecule has 2 aromatic rings. The SMILES string of the molecule is O=C(N[C@@H]1CCC2CCCN2C1)c1n[nH]c2ccccc12. The van der Waals surface area contributed by atoms with Crippen molar-refractivity contribution in [3.8, 4) is 0 Å². The fraction of sp³-hybridized carbons (Fsp3) is 0.500. The Bertz CT molecular complexity index is 665. The third-order valence-electron chi connectivity index (χ3n) is 4.82. The number of benzene rings is 1. The highest BCUT2D eigenvalue weighted by molar-refractivity contribution is 6.04. The van der Waals surface area contributed by atoms with Crippen molar-refractivity contribution in [1.82, 2.24) is 20.4 Å². The van der Waals surface area contributed by atoms with Crippen LogP contribution >= 0.6 is 0 Å². The molecular formula is C16H20N4O. The number of carbonyl (C=O) groups is 1. The number of hydrogen-bond donors (Lipinski definition) is 2. The minimum Gasteiger partial charge on any atom is -0.347 e. The standard InChI is InChI=1S/C16H20N4O/c21-16(15-13-5-1-2-6-14(13)18-19-15)17-11-7-8-12-4-3-9-20(12)10-11/h1-2,5-6,11-12H,3-4,7-10H2,(H,17,21)(H,18,19)/t11-,12?/m1/s1. The number of H-pyrrole nitrogens is 1. The highest BCUT2D eigenvalue weighted by Crippen LogP contribution is 2.27. The summed E-state index contributed by atoms with van der Waals surface area (Å²) in [5, 5.41) is 11.2. The van der Waals surface area contributed by atoms with Gasteiger partial charge in [0.15, 0.2) is 5.69 Å². The first-order valence-corrected chi connectivity index (χ1v) is 7.79. The monoisotopic (exact) mass is 284 g/mol. The van der Waals surface area contributed by atoms with Gasteiger partial charge in [0, 0.05) is 24.0 Å². The Labute approximate surface area is 123 Å². The average Bonchev–Trinajstić information content (AvgIpc) is 3.13. The topological polar surface area (TPSA) is 61.0 Å². The lowest BCUT2D eigenvalue weighted by molar-refractivity contribution is 0.0886. The maximum atomic E-state index is 12.5. The molecule has 1 amide bonds. The molecule has 5 nitrogen and oxygen atoms in total. The van der Waals surface area contributed by atoms with Crippen molar-refractivity contribution in [2.24, 2.45) is 0 Å². The van der Waals surface area contributed by atoms with Crippen LogP contribution in [0.15, 0.2) is 24.3 Å². The van der Waals surface area contributed by atoms with E-state index in [1.165, 1.54) is 25.8 Å². The number of fused-ring (bicyclic) bond motifs is 2. The summed E-state index contributed by atoms with van der Waals surface area (Å²) in [7, 11) is 0. The molecule has 2 N–H and O–H groups in total. The number of hydrogen-bond acceptors (Lipinski definition) is 3. The third-order valence-corrected chi connectivity index (χ3v) is 4.82. The van der Waals surface area contributed by atoms with Gasteiger partial charge in [0.25, 0.3) is 5.91 Å². The fourth-order valence-corrected chi connectivity index (χ4v) is 3.74. The zero-order valence-corrected chi connectivity index (χ0v) is 12.0. The van der Waals surface area contributed by atoms with Crippen LogP contribution in [-0.2, 0) is 0 Å². The fourth-order valence-electron chi connectivity index (χ4n) is 3.74. The first kappa shape index (κ1) is 12.8. The van der Waals surface area contributed by atoms with Crippen molar-refractivity contribution < 1.29 is 4.79 Å². The Hall–Kier alpha value is -1.88. The van der Waals surface area contributed by atoms with E-state index in [1.54, 1.807) is 0 Å². The lowest BCUT2D eigenvalue weighted by Crippen LogP contribution is -2.49. The van der Waals surface area contributed by atoms with E-state index in [-0.39, 0.29) is 11.9 Å². The first-order valence-electron chi connectivity index (χ1n) is 7.79. The highest BCUT2D eigenvalue weighted by atomic mass is 16.2. The van der Waals surface area contributed by atoms with Gasteiger partial charge < -0.3 is 5.32 Å². The minimum atomic E-state index is -0.0601. The summed E-state index contributed by atoms with van der Waals surface area (Å²) in [4.78, 5) is 15.0. The molecule has 0 aliphatic carbocycles. The van der Waals surface area contributed by atoms with Gasteiger partial charge in [-0.2, -0.15) is 5.10 Å². The Morgan fingerprint density at radius 2 is 2.19 bits per heavy atom. The third kappa shape index (κ3) is 2.31. The largest absolute Gasteiger partial charge is 0.347 e. The zero-order valence-electron chi connectivity index (χ0n) is 12.0. The van der Waals surface area contributed by atoms with Crippen LogP contribution in [0.5, 0.6) is 0 Å². The Kier molecular flexibility index (Phi) is 3.15. The molecule has 0 saturated carbocycles. The summed E-state index contributed by atoms with van der Waals surface area (Å²) >= 11 is 0. The Morgan fingerprint density at radius 3 is 3.14 bits per heavy atom. The van der Waals surface area contributed by atoms with E-state index >= 15 is 0 Å². The van der Waals surface area contributed by atoms with Crippen molar-refractivity contribution in [3.05, 3.63) is 30.0 Å². The van der Waals surface area contributed by atoms with Gasteiger partial charge in [-0.3, -0.25) is 14.8 Å². The maximum Gasteiger partial charge on any atom is 0.272 e. The van der Waals surface area contributed by atoms with Gasteiger partial charge in [-0.05, 0) is 38.3 Å². The van der Waals surface area contributed by atoms with Crippen molar-refractivity contribution in [2.75, 3.05) is 13.1 Å². The number of carbonyl (C=O) groups excluding carboxylic acids is 1. The second-order valence-electron chi connectivity index (χ2n) is 6.16. The van der Waals surface area contributed by atoms with Gasteiger partial charge in [0.2, 0.25) is 0 Å². The van der Waals surface area contributed by atoms with Gasteiger partial charge in [0.1, 0.15) is 0 Å². The van der Waals surface area contributed by atoms with E-state index in [1.807, 2.05) is 24.3 Å². The van der Waals surface area contributed by atoms with E-state index in [9.17, 15) is 4.79 Å². The normalized spacial score (nSPS) is 25.9. The van der Waals surface area contributed by atoms with Gasteiger partial charge in [-0.25, -0.2) is 0 Å². The lowest BCUT2D eigenvalue weighted by atomic mass is 9.99. The zero-order chi connectivity index (χ0) is 14.2. The van der Waals surface area contributed by atoms with Gasteiger partial charge >= 0.3 is 0 Å². The summed E-state index contributed by atoms with van der Waals surface area (Å²) in [5.41, 5.74) is 1.42. The number of para-hydroxylation sites is 1. The van der Waals surface area contributed by atoms with Gasteiger partial charge in [0.05, 0.1) is 5.52 Å². The van der Waals surface area contributed by atoms with Crippen LogP contribution in [0.25, 0.3) is 10.9 Å². The van der Waals surface area contributed by atoms with Gasteiger partial charge in [-0.1, -0.05) is 18.2 Å². The van der Waals surface area contributed by atoms with E-state index in [0.717, 1.165) is 29.9 Å². The number of aromatic amines is 1. The Morgan fingerprint density at radius 1 is 1.29 bits per heavy atom. The number of aromatic nitrogens is 2. The van der Waals surface area contributed by atoms with Crippen LogP contribution in [0, 0.1) is 0 Å². The van der Waals surface area contributed by atoms with Crippen molar-refractivity contribution >= 4 is 16.8 Å². The van der Waals surface area contributed by atoms with Crippen molar-refractivity contribution in [2.45, 2.75) is 37.8 Å². The van der Waals surface area contributed by atoms with Crippen LogP contribution in [0.2, 0.25) is 0 Å². The highest BCUT2D eigenvalue weighted by Gasteiger charge is 2.32. The smallest absolute Gasteiger partial charge is 0.272 e. The molecule has 0 radical (unpaired) electrons. The molecule has 1 unspecified atom stereocenters. The predicted molar refractivity (Wildman–Crippen MR) is 81.2 cm³/mol. The molecule has 21 heavy (non-hydrogen) atoms. The quantitative estimate of drug-likeness (QED) is 0.885. The van der Waals surface area contributed by atoms with E-state index in [2.05, 4.69) is 20.4 Å². The molecule has 5 heteroatoms.